The van der Waals surface area contributed by atoms with Crippen molar-refractivity contribution in [2.75, 3.05) is 7.05 Å². The second-order valence-electron chi connectivity index (χ2n) is 3.67. The van der Waals surface area contributed by atoms with Crippen molar-refractivity contribution in [3.8, 4) is 0 Å². The van der Waals surface area contributed by atoms with E-state index >= 15 is 0 Å². The van der Waals surface area contributed by atoms with Crippen LogP contribution in [0.25, 0.3) is 0 Å². The summed E-state index contributed by atoms with van der Waals surface area (Å²) < 4.78 is 3.02. The number of aryl methyl sites for hydroxylation is 1. The lowest BCUT2D eigenvalue weighted by atomic mass is 10.1. The van der Waals surface area contributed by atoms with Crippen LogP contribution in [0.5, 0.6) is 0 Å². The van der Waals surface area contributed by atoms with E-state index in [1.54, 1.807) is 11.3 Å². The van der Waals surface area contributed by atoms with Gasteiger partial charge in [-0.25, -0.2) is 0 Å². The molecule has 0 fully saturated rings. The van der Waals surface area contributed by atoms with Crippen molar-refractivity contribution in [3.63, 3.8) is 0 Å². The summed E-state index contributed by atoms with van der Waals surface area (Å²) in [5.74, 6) is 0. The number of nitrogens with one attached hydrogen (secondary N) is 1. The Hall–Kier alpha value is -0.650. The maximum absolute atomic E-state index is 4.43. The van der Waals surface area contributed by atoms with Gasteiger partial charge in [-0.2, -0.15) is 5.10 Å². The predicted molar refractivity (Wildman–Crippen MR) is 70.7 cm³/mol. The smallest absolute Gasteiger partial charge is 0.0797 e. The third-order valence-electron chi connectivity index (χ3n) is 2.47. The Morgan fingerprint density at radius 2 is 2.31 bits per heavy atom. The molecule has 0 aliphatic carbocycles. The van der Waals surface area contributed by atoms with Crippen LogP contribution < -0.4 is 5.32 Å². The summed E-state index contributed by atoms with van der Waals surface area (Å²) >= 11 is 5.26. The number of likely N-dealkylation sites (N-methyl/N-ethyl adjacent to an activating group) is 1. The molecule has 2 aromatic heterocycles. The van der Waals surface area contributed by atoms with Crippen LogP contribution in [0.4, 0.5) is 0 Å². The quantitative estimate of drug-likeness (QED) is 0.941. The van der Waals surface area contributed by atoms with Gasteiger partial charge in [0.15, 0.2) is 0 Å². The van der Waals surface area contributed by atoms with E-state index in [0.717, 1.165) is 12.1 Å². The molecule has 0 aliphatic rings. The first-order valence-corrected chi connectivity index (χ1v) is 6.71. The van der Waals surface area contributed by atoms with Gasteiger partial charge in [-0.3, -0.25) is 4.68 Å². The van der Waals surface area contributed by atoms with Gasteiger partial charge in [0, 0.05) is 24.5 Å². The summed E-state index contributed by atoms with van der Waals surface area (Å²) in [4.78, 5) is 1.36. The molecule has 1 unspecified atom stereocenters. The normalized spacial score (nSPS) is 12.9. The topological polar surface area (TPSA) is 29.9 Å². The third kappa shape index (κ3) is 2.72. The fourth-order valence-electron chi connectivity index (χ4n) is 1.64. The molecule has 0 amide bonds. The van der Waals surface area contributed by atoms with Gasteiger partial charge in [0.2, 0.25) is 0 Å². The van der Waals surface area contributed by atoms with E-state index in [-0.39, 0.29) is 6.04 Å². The highest BCUT2D eigenvalue weighted by Gasteiger charge is 2.13. The summed E-state index contributed by atoms with van der Waals surface area (Å²) in [5, 5.41) is 7.74. The summed E-state index contributed by atoms with van der Waals surface area (Å²) in [6.07, 6.45) is 2.95. The average Bonchev–Trinajstić information content (AvgIpc) is 2.84. The minimum atomic E-state index is 0.284. The number of hydrogen-bond donors (Lipinski definition) is 1. The predicted octanol–water partition coefficient (Wildman–Crippen LogP) is 2.75. The van der Waals surface area contributed by atoms with E-state index in [1.807, 2.05) is 25.0 Å². The van der Waals surface area contributed by atoms with Gasteiger partial charge in [-0.1, -0.05) is 0 Å². The fourth-order valence-corrected chi connectivity index (χ4v) is 3.16. The first-order valence-electron chi connectivity index (χ1n) is 5.10. The summed E-state index contributed by atoms with van der Waals surface area (Å²) in [6, 6.07) is 6.59. The average molecular weight is 300 g/mol. The van der Waals surface area contributed by atoms with E-state index in [9.17, 15) is 0 Å². The standard InChI is InChI=1S/C11H14BrN3S/c1-13-10(9-5-6-15(2)14-9)7-8-3-4-11(12)16-8/h3-6,10,13H,7H2,1-2H3. The first-order chi connectivity index (χ1) is 7.69. The summed E-state index contributed by atoms with van der Waals surface area (Å²) in [5.41, 5.74) is 1.09. The zero-order valence-corrected chi connectivity index (χ0v) is 11.7. The number of rotatable bonds is 4. The van der Waals surface area contributed by atoms with E-state index in [2.05, 4.69) is 44.5 Å². The molecule has 1 N–H and O–H groups in total. The van der Waals surface area contributed by atoms with Crippen LogP contribution >= 0.6 is 27.3 Å². The lowest BCUT2D eigenvalue weighted by molar-refractivity contribution is 0.566. The molecule has 16 heavy (non-hydrogen) atoms. The molecule has 0 radical (unpaired) electrons. The van der Waals surface area contributed by atoms with E-state index in [1.165, 1.54) is 8.66 Å². The molecule has 5 heteroatoms. The second kappa shape index (κ2) is 5.12. The van der Waals surface area contributed by atoms with Crippen molar-refractivity contribution in [3.05, 3.63) is 38.8 Å². The molecule has 86 valence electrons. The Kier molecular flexibility index (Phi) is 3.78. The van der Waals surface area contributed by atoms with Crippen LogP contribution in [0.1, 0.15) is 16.6 Å². The lowest BCUT2D eigenvalue weighted by Gasteiger charge is -2.12. The molecule has 0 spiro atoms. The fraction of sp³-hybridized carbons (Fsp3) is 0.364. The van der Waals surface area contributed by atoms with Gasteiger partial charge >= 0.3 is 0 Å². The van der Waals surface area contributed by atoms with Crippen LogP contribution in [0.3, 0.4) is 0 Å². The number of nitrogens with zero attached hydrogens (tertiary/aromatic N) is 2. The Labute approximate surface area is 108 Å². The largest absolute Gasteiger partial charge is 0.311 e. The molecule has 0 aromatic carbocycles. The molecule has 1 atom stereocenters. The lowest BCUT2D eigenvalue weighted by Crippen LogP contribution is -2.19. The van der Waals surface area contributed by atoms with Crippen LogP contribution in [0, 0.1) is 0 Å². The van der Waals surface area contributed by atoms with E-state index < -0.39 is 0 Å². The Morgan fingerprint density at radius 3 is 2.81 bits per heavy atom. The summed E-state index contributed by atoms with van der Waals surface area (Å²) in [6.45, 7) is 0. The molecule has 0 saturated carbocycles. The molecule has 2 aromatic rings. The van der Waals surface area contributed by atoms with Crippen LogP contribution in [0.2, 0.25) is 0 Å². The Bertz CT molecular complexity index is 463. The molecule has 0 saturated heterocycles. The Balaban J connectivity index is 2.12. The van der Waals surface area contributed by atoms with Gasteiger partial charge < -0.3 is 5.32 Å². The number of hydrogen-bond acceptors (Lipinski definition) is 3. The van der Waals surface area contributed by atoms with Crippen molar-refractivity contribution in [1.29, 1.82) is 0 Å². The van der Waals surface area contributed by atoms with Crippen molar-refractivity contribution in [1.82, 2.24) is 15.1 Å². The van der Waals surface area contributed by atoms with Gasteiger partial charge in [-0.15, -0.1) is 11.3 Å². The molecule has 3 nitrogen and oxygen atoms in total. The van der Waals surface area contributed by atoms with Crippen LogP contribution in [-0.4, -0.2) is 16.8 Å². The maximum Gasteiger partial charge on any atom is 0.0797 e. The van der Waals surface area contributed by atoms with Gasteiger partial charge in [0.1, 0.15) is 0 Å². The molecular weight excluding hydrogens is 286 g/mol. The highest BCUT2D eigenvalue weighted by atomic mass is 79.9. The molecule has 0 aliphatic heterocycles. The zero-order valence-electron chi connectivity index (χ0n) is 9.27. The molecule has 2 rings (SSSR count). The third-order valence-corrected chi connectivity index (χ3v) is 4.12. The van der Waals surface area contributed by atoms with Crippen molar-refractivity contribution < 1.29 is 0 Å². The second-order valence-corrected chi connectivity index (χ2v) is 6.21. The number of thiophene rings is 1. The minimum absolute atomic E-state index is 0.284. The highest BCUT2D eigenvalue weighted by Crippen LogP contribution is 2.26. The highest BCUT2D eigenvalue weighted by molar-refractivity contribution is 9.11. The number of aromatic nitrogens is 2. The van der Waals surface area contributed by atoms with Gasteiger partial charge in [-0.05, 0) is 41.2 Å². The molecular formula is C11H14BrN3S. The number of halogens is 1. The van der Waals surface area contributed by atoms with Gasteiger partial charge in [0.25, 0.3) is 0 Å². The van der Waals surface area contributed by atoms with Crippen molar-refractivity contribution >= 4 is 27.3 Å². The Morgan fingerprint density at radius 1 is 1.50 bits per heavy atom. The van der Waals surface area contributed by atoms with E-state index in [0.29, 0.717) is 0 Å². The molecule has 2 heterocycles. The zero-order chi connectivity index (χ0) is 11.5. The summed E-state index contributed by atoms with van der Waals surface area (Å²) in [7, 11) is 3.92. The monoisotopic (exact) mass is 299 g/mol. The maximum atomic E-state index is 4.43. The van der Waals surface area contributed by atoms with Gasteiger partial charge in [0.05, 0.1) is 15.5 Å². The van der Waals surface area contributed by atoms with Crippen molar-refractivity contribution in [2.24, 2.45) is 7.05 Å². The molecule has 0 bridgehead atoms. The van der Waals surface area contributed by atoms with Crippen LogP contribution in [-0.2, 0) is 13.5 Å². The van der Waals surface area contributed by atoms with E-state index in [4.69, 9.17) is 0 Å². The minimum Gasteiger partial charge on any atom is -0.311 e. The van der Waals surface area contributed by atoms with Crippen molar-refractivity contribution in [2.45, 2.75) is 12.5 Å². The van der Waals surface area contributed by atoms with Crippen LogP contribution in [0.15, 0.2) is 28.2 Å². The SMILES string of the molecule is CNC(Cc1ccc(Br)s1)c1ccn(C)n1. The first kappa shape index (κ1) is 11.8.